The van der Waals surface area contributed by atoms with Gasteiger partial charge in [0.2, 0.25) is 5.91 Å². The Hall–Kier alpha value is -0.910. The number of carbonyl (C=O) groups excluding carboxylic acids is 1. The number of aliphatic hydroxyl groups is 1. The Balaban J connectivity index is 1.93. The van der Waals surface area contributed by atoms with E-state index >= 15 is 0 Å². The zero-order chi connectivity index (χ0) is 14.5. The van der Waals surface area contributed by atoms with Gasteiger partial charge in [0.15, 0.2) is 0 Å². The molecule has 1 aliphatic carbocycles. The van der Waals surface area contributed by atoms with Crippen LogP contribution in [-0.4, -0.2) is 41.7 Å². The first kappa shape index (κ1) is 15.5. The molecular weight excluding hydrogens is 320 g/mol. The first-order valence-electron chi connectivity index (χ1n) is 7.01. The van der Waals surface area contributed by atoms with Crippen LogP contribution < -0.4 is 5.32 Å². The van der Waals surface area contributed by atoms with E-state index in [9.17, 15) is 4.79 Å². The lowest BCUT2D eigenvalue weighted by molar-refractivity contribution is -0.118. The average molecular weight is 341 g/mol. The van der Waals surface area contributed by atoms with Crippen LogP contribution in [0.4, 0.5) is 5.69 Å². The van der Waals surface area contributed by atoms with Gasteiger partial charge in [0.1, 0.15) is 0 Å². The minimum Gasteiger partial charge on any atom is -0.395 e. The summed E-state index contributed by atoms with van der Waals surface area (Å²) in [4.78, 5) is 14.2. The van der Waals surface area contributed by atoms with Crippen molar-refractivity contribution in [1.82, 2.24) is 4.90 Å². The molecule has 110 valence electrons. The molecule has 1 aliphatic rings. The third kappa shape index (κ3) is 4.04. The molecular formula is C15H21BrN2O2. The molecule has 0 aromatic heterocycles. The van der Waals surface area contributed by atoms with E-state index in [0.29, 0.717) is 19.1 Å². The topological polar surface area (TPSA) is 52.6 Å². The molecule has 0 spiro atoms. The Morgan fingerprint density at radius 3 is 2.80 bits per heavy atom. The monoisotopic (exact) mass is 340 g/mol. The largest absolute Gasteiger partial charge is 0.395 e. The van der Waals surface area contributed by atoms with Gasteiger partial charge in [0.05, 0.1) is 18.8 Å². The standard InChI is InChI=1S/C15H21BrN2O2/c1-11-5-6-14(13(16)9-11)17-15(20)10-18(7-8-19)12-3-2-4-12/h5-6,9,12,19H,2-4,7-8,10H2,1H3,(H,17,20). The van der Waals surface area contributed by atoms with Gasteiger partial charge in [0.25, 0.3) is 0 Å². The van der Waals surface area contributed by atoms with E-state index in [1.54, 1.807) is 0 Å². The van der Waals surface area contributed by atoms with Crippen LogP contribution in [0.25, 0.3) is 0 Å². The number of aliphatic hydroxyl groups excluding tert-OH is 1. The number of aryl methyl sites for hydroxylation is 1. The van der Waals surface area contributed by atoms with Gasteiger partial charge >= 0.3 is 0 Å². The SMILES string of the molecule is Cc1ccc(NC(=O)CN(CCO)C2CCC2)c(Br)c1. The molecule has 0 bridgehead atoms. The fourth-order valence-corrected chi connectivity index (χ4v) is 2.96. The van der Waals surface area contributed by atoms with Crippen molar-refractivity contribution in [2.45, 2.75) is 32.2 Å². The molecule has 1 aromatic rings. The normalized spacial score (nSPS) is 15.2. The summed E-state index contributed by atoms with van der Waals surface area (Å²) in [6.07, 6.45) is 3.47. The summed E-state index contributed by atoms with van der Waals surface area (Å²) in [5, 5.41) is 12.0. The Morgan fingerprint density at radius 2 is 2.25 bits per heavy atom. The van der Waals surface area contributed by atoms with Crippen molar-refractivity contribution < 1.29 is 9.90 Å². The lowest BCUT2D eigenvalue weighted by Crippen LogP contribution is -2.45. The summed E-state index contributed by atoms with van der Waals surface area (Å²) in [6.45, 7) is 3.01. The fourth-order valence-electron chi connectivity index (χ4n) is 2.37. The van der Waals surface area contributed by atoms with Gasteiger partial charge in [-0.3, -0.25) is 9.69 Å². The second kappa shape index (κ2) is 7.20. The number of nitrogens with one attached hydrogen (secondary N) is 1. The Bertz CT molecular complexity index is 475. The number of halogens is 1. The molecule has 0 atom stereocenters. The zero-order valence-electron chi connectivity index (χ0n) is 11.7. The van der Waals surface area contributed by atoms with E-state index in [-0.39, 0.29) is 12.5 Å². The molecule has 2 N–H and O–H groups in total. The molecule has 0 aliphatic heterocycles. The van der Waals surface area contributed by atoms with Crippen LogP contribution in [0.1, 0.15) is 24.8 Å². The second-order valence-electron chi connectivity index (χ2n) is 5.31. The number of anilines is 1. The quantitative estimate of drug-likeness (QED) is 0.836. The van der Waals surface area contributed by atoms with E-state index in [1.807, 2.05) is 25.1 Å². The van der Waals surface area contributed by atoms with Gasteiger partial charge in [-0.05, 0) is 53.4 Å². The van der Waals surface area contributed by atoms with Crippen LogP contribution in [0.15, 0.2) is 22.7 Å². The predicted molar refractivity (Wildman–Crippen MR) is 83.8 cm³/mol. The number of amides is 1. The molecule has 0 heterocycles. The summed E-state index contributed by atoms with van der Waals surface area (Å²) < 4.78 is 0.892. The van der Waals surface area contributed by atoms with Crippen molar-refractivity contribution in [2.24, 2.45) is 0 Å². The van der Waals surface area contributed by atoms with Gasteiger partial charge < -0.3 is 10.4 Å². The third-order valence-corrected chi connectivity index (χ3v) is 4.38. The maximum absolute atomic E-state index is 12.1. The number of rotatable bonds is 6. The molecule has 4 nitrogen and oxygen atoms in total. The second-order valence-corrected chi connectivity index (χ2v) is 6.16. The van der Waals surface area contributed by atoms with Gasteiger partial charge in [-0.15, -0.1) is 0 Å². The van der Waals surface area contributed by atoms with E-state index < -0.39 is 0 Å². The van der Waals surface area contributed by atoms with Crippen molar-refractivity contribution in [3.8, 4) is 0 Å². The third-order valence-electron chi connectivity index (χ3n) is 3.72. The number of carbonyl (C=O) groups is 1. The zero-order valence-corrected chi connectivity index (χ0v) is 13.3. The van der Waals surface area contributed by atoms with Crippen LogP contribution in [0.2, 0.25) is 0 Å². The Labute approximate surface area is 128 Å². The lowest BCUT2D eigenvalue weighted by Gasteiger charge is -2.36. The van der Waals surface area contributed by atoms with Crippen molar-refractivity contribution in [3.05, 3.63) is 28.2 Å². The minimum absolute atomic E-state index is 0.0325. The smallest absolute Gasteiger partial charge is 0.238 e. The van der Waals surface area contributed by atoms with Crippen LogP contribution in [0.3, 0.4) is 0 Å². The summed E-state index contributed by atoms with van der Waals surface area (Å²) in [5.74, 6) is -0.0325. The predicted octanol–water partition coefficient (Wildman–Crippen LogP) is 2.54. The number of benzene rings is 1. The van der Waals surface area contributed by atoms with Gasteiger partial charge in [-0.25, -0.2) is 0 Å². The molecule has 1 fully saturated rings. The minimum atomic E-state index is -0.0325. The van der Waals surface area contributed by atoms with E-state index in [4.69, 9.17) is 5.11 Å². The first-order chi connectivity index (χ1) is 9.60. The van der Waals surface area contributed by atoms with Crippen molar-refractivity contribution in [3.63, 3.8) is 0 Å². The molecule has 20 heavy (non-hydrogen) atoms. The Kier molecular flexibility index (Phi) is 5.57. The highest BCUT2D eigenvalue weighted by molar-refractivity contribution is 9.10. The van der Waals surface area contributed by atoms with E-state index in [1.165, 1.54) is 6.42 Å². The molecule has 0 unspecified atom stereocenters. The summed E-state index contributed by atoms with van der Waals surface area (Å²) in [6, 6.07) is 6.30. The van der Waals surface area contributed by atoms with Crippen molar-refractivity contribution in [1.29, 1.82) is 0 Å². The summed E-state index contributed by atoms with van der Waals surface area (Å²) in [5.41, 5.74) is 1.93. The maximum atomic E-state index is 12.1. The van der Waals surface area contributed by atoms with E-state index in [2.05, 4.69) is 26.1 Å². The van der Waals surface area contributed by atoms with Crippen LogP contribution >= 0.6 is 15.9 Å². The highest BCUT2D eigenvalue weighted by Crippen LogP contribution is 2.25. The van der Waals surface area contributed by atoms with Crippen LogP contribution in [0.5, 0.6) is 0 Å². The molecule has 1 saturated carbocycles. The van der Waals surface area contributed by atoms with Crippen LogP contribution in [0, 0.1) is 6.92 Å². The maximum Gasteiger partial charge on any atom is 0.238 e. The highest BCUT2D eigenvalue weighted by atomic mass is 79.9. The summed E-state index contributed by atoms with van der Waals surface area (Å²) in [7, 11) is 0. The first-order valence-corrected chi connectivity index (χ1v) is 7.80. The Morgan fingerprint density at radius 1 is 1.50 bits per heavy atom. The molecule has 0 saturated heterocycles. The molecule has 1 aromatic carbocycles. The van der Waals surface area contributed by atoms with Crippen molar-refractivity contribution in [2.75, 3.05) is 25.0 Å². The molecule has 5 heteroatoms. The molecule has 0 radical (unpaired) electrons. The molecule has 2 rings (SSSR count). The highest BCUT2D eigenvalue weighted by Gasteiger charge is 2.26. The van der Waals surface area contributed by atoms with Gasteiger partial charge in [0, 0.05) is 17.1 Å². The van der Waals surface area contributed by atoms with Gasteiger partial charge in [-0.1, -0.05) is 12.5 Å². The number of hydrogen-bond donors (Lipinski definition) is 2. The average Bonchev–Trinajstić information content (AvgIpc) is 2.31. The number of hydrogen-bond acceptors (Lipinski definition) is 3. The number of nitrogens with zero attached hydrogens (tertiary/aromatic N) is 1. The van der Waals surface area contributed by atoms with E-state index in [0.717, 1.165) is 28.6 Å². The fraction of sp³-hybridized carbons (Fsp3) is 0.533. The summed E-state index contributed by atoms with van der Waals surface area (Å²) >= 11 is 3.46. The lowest BCUT2D eigenvalue weighted by atomic mass is 9.91. The van der Waals surface area contributed by atoms with Crippen molar-refractivity contribution >= 4 is 27.5 Å². The van der Waals surface area contributed by atoms with Crippen LogP contribution in [-0.2, 0) is 4.79 Å². The molecule has 1 amide bonds. The van der Waals surface area contributed by atoms with Gasteiger partial charge in [-0.2, -0.15) is 0 Å².